The van der Waals surface area contributed by atoms with E-state index >= 15 is 0 Å². The van der Waals surface area contributed by atoms with Crippen molar-refractivity contribution >= 4 is 5.91 Å². The maximum absolute atomic E-state index is 13.1. The molecule has 1 amide bonds. The highest BCUT2D eigenvalue weighted by Crippen LogP contribution is 2.33. The Morgan fingerprint density at radius 2 is 2.09 bits per heavy atom. The highest BCUT2D eigenvalue weighted by molar-refractivity contribution is 5.95. The number of pyridine rings is 1. The molecular weight excluding hydrogens is 286 g/mol. The van der Waals surface area contributed by atoms with Crippen molar-refractivity contribution in [3.8, 4) is 0 Å². The summed E-state index contributed by atoms with van der Waals surface area (Å²) in [5.74, 6) is 0.0694. The molecule has 120 valence electrons. The van der Waals surface area contributed by atoms with Crippen LogP contribution in [0.5, 0.6) is 0 Å². The Kier molecular flexibility index (Phi) is 4.44. The first kappa shape index (κ1) is 15.7. The fraction of sp³-hybridized carbons (Fsp3) is 0.368. The lowest BCUT2D eigenvalue weighted by molar-refractivity contribution is 0.0654. The van der Waals surface area contributed by atoms with E-state index in [4.69, 9.17) is 5.73 Å². The van der Waals surface area contributed by atoms with Crippen LogP contribution in [-0.4, -0.2) is 22.3 Å². The number of aryl methyl sites for hydroxylation is 1. The number of hydrogen-bond acceptors (Lipinski definition) is 3. The van der Waals surface area contributed by atoms with E-state index in [0.29, 0.717) is 12.1 Å². The molecule has 2 aromatic rings. The molecule has 2 heterocycles. The average molecular weight is 309 g/mol. The van der Waals surface area contributed by atoms with Gasteiger partial charge in [0, 0.05) is 13.1 Å². The Labute approximate surface area is 137 Å². The summed E-state index contributed by atoms with van der Waals surface area (Å²) in [6.45, 7) is 5.16. The van der Waals surface area contributed by atoms with Crippen LogP contribution in [0.4, 0.5) is 0 Å². The van der Waals surface area contributed by atoms with Crippen molar-refractivity contribution in [3.05, 3.63) is 64.5 Å². The third-order valence-electron chi connectivity index (χ3n) is 4.64. The Morgan fingerprint density at radius 1 is 1.30 bits per heavy atom. The van der Waals surface area contributed by atoms with Gasteiger partial charge in [0.1, 0.15) is 0 Å². The zero-order chi connectivity index (χ0) is 16.4. The van der Waals surface area contributed by atoms with E-state index in [1.165, 1.54) is 11.1 Å². The molecule has 1 atom stereocenters. The minimum Gasteiger partial charge on any atom is -0.331 e. The van der Waals surface area contributed by atoms with Gasteiger partial charge in [-0.1, -0.05) is 31.2 Å². The van der Waals surface area contributed by atoms with Crippen LogP contribution in [0.1, 0.15) is 52.3 Å². The van der Waals surface area contributed by atoms with Gasteiger partial charge in [-0.05, 0) is 43.0 Å². The van der Waals surface area contributed by atoms with Gasteiger partial charge in [-0.15, -0.1) is 0 Å². The van der Waals surface area contributed by atoms with E-state index < -0.39 is 0 Å². The zero-order valence-corrected chi connectivity index (χ0v) is 13.7. The van der Waals surface area contributed by atoms with E-state index in [9.17, 15) is 4.79 Å². The van der Waals surface area contributed by atoms with Crippen LogP contribution in [0.2, 0.25) is 0 Å². The number of aromatic nitrogens is 1. The molecule has 23 heavy (non-hydrogen) atoms. The summed E-state index contributed by atoms with van der Waals surface area (Å²) in [6, 6.07) is 12.3. The molecule has 4 nitrogen and oxygen atoms in total. The number of benzene rings is 1. The van der Waals surface area contributed by atoms with Gasteiger partial charge in [-0.2, -0.15) is 0 Å². The molecule has 0 bridgehead atoms. The summed E-state index contributed by atoms with van der Waals surface area (Å²) in [5, 5.41) is 0. The summed E-state index contributed by atoms with van der Waals surface area (Å²) in [5.41, 5.74) is 10.5. The second-order valence-electron chi connectivity index (χ2n) is 6.01. The van der Waals surface area contributed by atoms with Crippen molar-refractivity contribution in [2.75, 3.05) is 6.54 Å². The van der Waals surface area contributed by atoms with Crippen molar-refractivity contribution in [2.45, 2.75) is 39.3 Å². The molecule has 3 rings (SSSR count). The number of fused-ring (bicyclic) bond motifs is 1. The summed E-state index contributed by atoms with van der Waals surface area (Å²) < 4.78 is 0. The molecule has 1 aromatic heterocycles. The molecule has 0 unspecified atom stereocenters. The fourth-order valence-corrected chi connectivity index (χ4v) is 3.44. The molecule has 4 heteroatoms. The lowest BCUT2D eigenvalue weighted by Crippen LogP contribution is -2.40. The second kappa shape index (κ2) is 6.50. The minimum atomic E-state index is 0.0694. The minimum absolute atomic E-state index is 0.0694. The van der Waals surface area contributed by atoms with Gasteiger partial charge in [0.05, 0.1) is 23.0 Å². The first-order valence-electron chi connectivity index (χ1n) is 8.21. The van der Waals surface area contributed by atoms with Crippen LogP contribution in [0.15, 0.2) is 36.4 Å². The molecule has 0 saturated heterocycles. The van der Waals surface area contributed by atoms with Gasteiger partial charge in [0.2, 0.25) is 0 Å². The molecular formula is C19H23N3O. The highest BCUT2D eigenvalue weighted by atomic mass is 16.2. The monoisotopic (exact) mass is 309 g/mol. The third kappa shape index (κ3) is 2.86. The number of nitrogens with zero attached hydrogens (tertiary/aromatic N) is 2. The molecule has 0 fully saturated rings. The first-order chi connectivity index (χ1) is 11.2. The number of hydrogen-bond donors (Lipinski definition) is 1. The van der Waals surface area contributed by atoms with Gasteiger partial charge in [0.15, 0.2) is 0 Å². The lowest BCUT2D eigenvalue weighted by atomic mass is 9.90. The van der Waals surface area contributed by atoms with E-state index in [2.05, 4.69) is 36.2 Å². The molecule has 2 N–H and O–H groups in total. The Bertz CT molecular complexity index is 726. The summed E-state index contributed by atoms with van der Waals surface area (Å²) in [4.78, 5) is 19.5. The largest absolute Gasteiger partial charge is 0.331 e. The summed E-state index contributed by atoms with van der Waals surface area (Å²) in [6.07, 6.45) is 1.82. The van der Waals surface area contributed by atoms with Gasteiger partial charge in [-0.3, -0.25) is 9.78 Å². The van der Waals surface area contributed by atoms with Gasteiger partial charge in [-0.25, -0.2) is 0 Å². The van der Waals surface area contributed by atoms with Gasteiger partial charge >= 0.3 is 0 Å². The Morgan fingerprint density at radius 3 is 2.78 bits per heavy atom. The molecule has 1 aromatic carbocycles. The fourth-order valence-electron chi connectivity index (χ4n) is 3.44. The molecule has 1 aliphatic heterocycles. The molecule has 0 aliphatic carbocycles. The number of carbonyl (C=O) groups is 1. The normalized spacial score (nSPS) is 17.0. The van der Waals surface area contributed by atoms with Crippen molar-refractivity contribution < 1.29 is 4.79 Å². The highest BCUT2D eigenvalue weighted by Gasteiger charge is 2.30. The maximum Gasteiger partial charge on any atom is 0.256 e. The Balaban J connectivity index is 1.94. The second-order valence-corrected chi connectivity index (χ2v) is 6.01. The predicted molar refractivity (Wildman–Crippen MR) is 91.1 cm³/mol. The van der Waals surface area contributed by atoms with Crippen LogP contribution in [0, 0.1) is 6.92 Å². The van der Waals surface area contributed by atoms with Gasteiger partial charge in [0.25, 0.3) is 5.91 Å². The summed E-state index contributed by atoms with van der Waals surface area (Å²) in [7, 11) is 0. The van der Waals surface area contributed by atoms with E-state index in [-0.39, 0.29) is 11.9 Å². The number of rotatable bonds is 3. The molecule has 1 aliphatic rings. The lowest BCUT2D eigenvalue weighted by Gasteiger charge is -2.37. The van der Waals surface area contributed by atoms with E-state index in [1.54, 1.807) is 0 Å². The van der Waals surface area contributed by atoms with Crippen molar-refractivity contribution in [1.82, 2.24) is 9.88 Å². The summed E-state index contributed by atoms with van der Waals surface area (Å²) >= 11 is 0. The predicted octanol–water partition coefficient (Wildman–Crippen LogP) is 3.00. The quantitative estimate of drug-likeness (QED) is 0.948. The maximum atomic E-state index is 13.1. The topological polar surface area (TPSA) is 59.2 Å². The van der Waals surface area contributed by atoms with Crippen LogP contribution >= 0.6 is 0 Å². The van der Waals surface area contributed by atoms with Crippen LogP contribution < -0.4 is 5.73 Å². The van der Waals surface area contributed by atoms with Crippen molar-refractivity contribution in [2.24, 2.45) is 5.73 Å². The standard InChI is InChI=1S/C19H23N3O/c1-3-18-17-7-5-4-6-14(17)10-11-22(18)19(23)16-9-8-15(12-20)21-13(16)2/h4-9,18H,3,10-12,20H2,1-2H3/t18-/m0/s1. The molecule has 0 radical (unpaired) electrons. The van der Waals surface area contributed by atoms with Crippen LogP contribution in [0.3, 0.4) is 0 Å². The van der Waals surface area contributed by atoms with Gasteiger partial charge < -0.3 is 10.6 Å². The zero-order valence-electron chi connectivity index (χ0n) is 13.7. The van der Waals surface area contributed by atoms with Crippen LogP contribution in [-0.2, 0) is 13.0 Å². The molecule has 0 saturated carbocycles. The van der Waals surface area contributed by atoms with E-state index in [0.717, 1.165) is 30.8 Å². The number of carbonyl (C=O) groups excluding carboxylic acids is 1. The number of nitrogens with two attached hydrogens (primary N) is 1. The first-order valence-corrected chi connectivity index (χ1v) is 8.21. The average Bonchev–Trinajstić information content (AvgIpc) is 2.59. The SMILES string of the molecule is CC[C@H]1c2ccccc2CCN1C(=O)c1ccc(CN)nc1C. The number of amides is 1. The van der Waals surface area contributed by atoms with Crippen LogP contribution in [0.25, 0.3) is 0 Å². The molecule has 0 spiro atoms. The smallest absolute Gasteiger partial charge is 0.256 e. The van der Waals surface area contributed by atoms with E-state index in [1.807, 2.05) is 24.0 Å². The Hall–Kier alpha value is -2.20. The van der Waals surface area contributed by atoms with Crippen molar-refractivity contribution in [3.63, 3.8) is 0 Å². The third-order valence-corrected chi connectivity index (χ3v) is 4.64. The van der Waals surface area contributed by atoms with Crippen molar-refractivity contribution in [1.29, 1.82) is 0 Å².